The molecule has 7 heteroatoms. The standard InChI is InChI=1S/C18H21ClN2O4/c19-14-3-1-13(2-4-14)17(25)20-9-7-18(8-10-20)6-5-15(22)21(12-18)11-16(23)24/h1-4H,5-12H2,(H,23,24). The fourth-order valence-corrected chi connectivity index (χ4v) is 3.90. The van der Waals surface area contributed by atoms with E-state index in [1.165, 1.54) is 4.90 Å². The van der Waals surface area contributed by atoms with E-state index in [9.17, 15) is 14.4 Å². The Morgan fingerprint density at radius 1 is 1.12 bits per heavy atom. The Hall–Kier alpha value is -2.08. The Balaban J connectivity index is 1.62. The van der Waals surface area contributed by atoms with Gasteiger partial charge in [-0.05, 0) is 48.9 Å². The lowest BCUT2D eigenvalue weighted by Crippen LogP contribution is -2.53. The number of hydrogen-bond acceptors (Lipinski definition) is 3. The van der Waals surface area contributed by atoms with Gasteiger partial charge in [-0.2, -0.15) is 0 Å². The average Bonchev–Trinajstić information content (AvgIpc) is 2.59. The van der Waals surface area contributed by atoms with E-state index in [2.05, 4.69) is 0 Å². The van der Waals surface area contributed by atoms with Crippen LogP contribution < -0.4 is 0 Å². The number of benzene rings is 1. The van der Waals surface area contributed by atoms with Gasteiger partial charge in [-0.1, -0.05) is 11.6 Å². The highest BCUT2D eigenvalue weighted by atomic mass is 35.5. The molecule has 1 aromatic carbocycles. The minimum Gasteiger partial charge on any atom is -0.480 e. The minimum atomic E-state index is -0.985. The van der Waals surface area contributed by atoms with E-state index in [4.69, 9.17) is 16.7 Å². The number of hydrogen-bond donors (Lipinski definition) is 1. The molecule has 1 N–H and O–H groups in total. The first kappa shape index (κ1) is 17.7. The summed E-state index contributed by atoms with van der Waals surface area (Å²) in [5, 5.41) is 9.57. The Bertz CT molecular complexity index is 681. The molecule has 25 heavy (non-hydrogen) atoms. The van der Waals surface area contributed by atoms with Crippen LogP contribution in [0.1, 0.15) is 36.0 Å². The molecule has 0 aromatic heterocycles. The molecule has 0 atom stereocenters. The van der Waals surface area contributed by atoms with Crippen molar-refractivity contribution in [3.8, 4) is 0 Å². The fourth-order valence-electron chi connectivity index (χ4n) is 3.78. The fraction of sp³-hybridized carbons (Fsp3) is 0.500. The van der Waals surface area contributed by atoms with Crippen molar-refractivity contribution in [3.05, 3.63) is 34.9 Å². The maximum absolute atomic E-state index is 12.6. The van der Waals surface area contributed by atoms with Crippen LogP contribution in [0.5, 0.6) is 0 Å². The number of nitrogens with zero attached hydrogens (tertiary/aromatic N) is 2. The predicted molar refractivity (Wildman–Crippen MR) is 92.5 cm³/mol. The van der Waals surface area contributed by atoms with E-state index in [1.54, 1.807) is 24.3 Å². The second-order valence-corrected chi connectivity index (χ2v) is 7.38. The van der Waals surface area contributed by atoms with E-state index in [1.807, 2.05) is 4.90 Å². The van der Waals surface area contributed by atoms with E-state index in [-0.39, 0.29) is 23.8 Å². The normalized spacial score (nSPS) is 20.0. The summed E-state index contributed by atoms with van der Waals surface area (Å²) in [5.74, 6) is -1.09. The third kappa shape index (κ3) is 3.95. The molecule has 2 aliphatic heterocycles. The molecule has 1 aromatic rings. The van der Waals surface area contributed by atoms with E-state index >= 15 is 0 Å². The zero-order valence-electron chi connectivity index (χ0n) is 13.9. The first-order valence-electron chi connectivity index (χ1n) is 8.43. The summed E-state index contributed by atoms with van der Waals surface area (Å²) in [4.78, 5) is 38.7. The predicted octanol–water partition coefficient (Wildman–Crippen LogP) is 2.27. The third-order valence-electron chi connectivity index (χ3n) is 5.28. The van der Waals surface area contributed by atoms with Crippen molar-refractivity contribution in [1.82, 2.24) is 9.80 Å². The number of rotatable bonds is 3. The number of carboxylic acid groups (broad SMARTS) is 1. The molecule has 2 heterocycles. The lowest BCUT2D eigenvalue weighted by molar-refractivity contribution is -0.149. The number of piperidine rings is 2. The zero-order valence-corrected chi connectivity index (χ0v) is 14.7. The van der Waals surface area contributed by atoms with Crippen molar-refractivity contribution in [1.29, 1.82) is 0 Å². The number of amides is 2. The van der Waals surface area contributed by atoms with Crippen molar-refractivity contribution in [2.45, 2.75) is 25.7 Å². The summed E-state index contributed by atoms with van der Waals surface area (Å²) in [6, 6.07) is 6.86. The number of halogens is 1. The SMILES string of the molecule is O=C(O)CN1CC2(CCC1=O)CCN(C(=O)c1ccc(Cl)cc1)CC2. The number of carbonyl (C=O) groups excluding carboxylic acids is 2. The van der Waals surface area contributed by atoms with Crippen molar-refractivity contribution >= 4 is 29.4 Å². The summed E-state index contributed by atoms with van der Waals surface area (Å²) < 4.78 is 0. The monoisotopic (exact) mass is 364 g/mol. The largest absolute Gasteiger partial charge is 0.480 e. The smallest absolute Gasteiger partial charge is 0.323 e. The molecule has 0 saturated carbocycles. The van der Waals surface area contributed by atoms with Gasteiger partial charge in [0.05, 0.1) is 0 Å². The van der Waals surface area contributed by atoms with Crippen molar-refractivity contribution < 1.29 is 19.5 Å². The molecule has 2 saturated heterocycles. The molecule has 0 bridgehead atoms. The van der Waals surface area contributed by atoms with Crippen LogP contribution in [0, 0.1) is 5.41 Å². The van der Waals surface area contributed by atoms with Crippen molar-refractivity contribution in [2.75, 3.05) is 26.2 Å². The molecule has 0 aliphatic carbocycles. The molecule has 1 spiro atoms. The molecular weight excluding hydrogens is 344 g/mol. The Kier molecular flexibility index (Phi) is 4.99. The summed E-state index contributed by atoms with van der Waals surface area (Å²) in [5.41, 5.74) is 0.548. The number of carbonyl (C=O) groups is 3. The van der Waals surface area contributed by atoms with Gasteiger partial charge in [-0.25, -0.2) is 0 Å². The number of carboxylic acids is 1. The Morgan fingerprint density at radius 3 is 2.36 bits per heavy atom. The Morgan fingerprint density at radius 2 is 1.76 bits per heavy atom. The van der Waals surface area contributed by atoms with Gasteiger partial charge in [0.25, 0.3) is 5.91 Å². The van der Waals surface area contributed by atoms with Crippen LogP contribution in [0.3, 0.4) is 0 Å². The molecule has 2 fully saturated rings. The van der Waals surface area contributed by atoms with Crippen LogP contribution in [-0.2, 0) is 9.59 Å². The molecule has 2 amide bonds. The second kappa shape index (κ2) is 7.04. The summed E-state index contributed by atoms with van der Waals surface area (Å²) in [7, 11) is 0. The molecule has 6 nitrogen and oxygen atoms in total. The van der Waals surface area contributed by atoms with Gasteiger partial charge in [0.2, 0.25) is 5.91 Å². The zero-order chi connectivity index (χ0) is 18.0. The summed E-state index contributed by atoms with van der Waals surface area (Å²) in [6.45, 7) is 1.47. The molecule has 0 unspecified atom stereocenters. The minimum absolute atomic E-state index is 0.0132. The molecule has 3 rings (SSSR count). The third-order valence-corrected chi connectivity index (χ3v) is 5.53. The van der Waals surface area contributed by atoms with Crippen LogP contribution >= 0.6 is 11.6 Å². The van der Waals surface area contributed by atoms with Crippen molar-refractivity contribution in [2.24, 2.45) is 5.41 Å². The molecule has 134 valence electrons. The lowest BCUT2D eigenvalue weighted by Gasteiger charge is -2.47. The second-order valence-electron chi connectivity index (χ2n) is 6.94. The van der Waals surface area contributed by atoms with Crippen LogP contribution in [0.15, 0.2) is 24.3 Å². The van der Waals surface area contributed by atoms with E-state index in [0.717, 1.165) is 19.3 Å². The topological polar surface area (TPSA) is 77.9 Å². The first-order valence-corrected chi connectivity index (χ1v) is 8.81. The van der Waals surface area contributed by atoms with Gasteiger partial charge in [0, 0.05) is 36.6 Å². The highest BCUT2D eigenvalue weighted by molar-refractivity contribution is 6.30. The van der Waals surface area contributed by atoms with Crippen LogP contribution in [0.4, 0.5) is 0 Å². The maximum atomic E-state index is 12.6. The van der Waals surface area contributed by atoms with Gasteiger partial charge in [-0.15, -0.1) is 0 Å². The molecule has 2 aliphatic rings. The van der Waals surface area contributed by atoms with Crippen molar-refractivity contribution in [3.63, 3.8) is 0 Å². The molecular formula is C18H21ClN2O4. The highest BCUT2D eigenvalue weighted by Crippen LogP contribution is 2.40. The van der Waals surface area contributed by atoms with Gasteiger partial charge in [0.1, 0.15) is 6.54 Å². The lowest BCUT2D eigenvalue weighted by atomic mass is 9.72. The number of likely N-dealkylation sites (tertiary alicyclic amines) is 2. The van der Waals surface area contributed by atoms with Crippen LogP contribution in [-0.4, -0.2) is 58.9 Å². The quantitative estimate of drug-likeness (QED) is 0.892. The van der Waals surface area contributed by atoms with Gasteiger partial charge >= 0.3 is 5.97 Å². The van der Waals surface area contributed by atoms with E-state index < -0.39 is 5.97 Å². The van der Waals surface area contributed by atoms with E-state index in [0.29, 0.717) is 36.6 Å². The van der Waals surface area contributed by atoms with Crippen LogP contribution in [0.2, 0.25) is 5.02 Å². The molecule has 0 radical (unpaired) electrons. The maximum Gasteiger partial charge on any atom is 0.323 e. The van der Waals surface area contributed by atoms with Gasteiger partial charge in [0.15, 0.2) is 0 Å². The average molecular weight is 365 g/mol. The summed E-state index contributed by atoms with van der Waals surface area (Å²) in [6.07, 6.45) is 2.73. The first-order chi connectivity index (χ1) is 11.9. The highest BCUT2D eigenvalue weighted by Gasteiger charge is 2.42. The van der Waals surface area contributed by atoms with Gasteiger partial charge < -0.3 is 14.9 Å². The summed E-state index contributed by atoms with van der Waals surface area (Å²) >= 11 is 5.86. The number of aliphatic carboxylic acids is 1. The van der Waals surface area contributed by atoms with Crippen LogP contribution in [0.25, 0.3) is 0 Å². The van der Waals surface area contributed by atoms with Gasteiger partial charge in [-0.3, -0.25) is 14.4 Å². The Labute approximate surface area is 151 Å².